The number of hydrogen-bond donors (Lipinski definition) is 1. The summed E-state index contributed by atoms with van der Waals surface area (Å²) in [5.74, 6) is 0.483. The number of nitrogens with one attached hydrogen (secondary N) is 1. The lowest BCUT2D eigenvalue weighted by molar-refractivity contribution is 0.0255. The summed E-state index contributed by atoms with van der Waals surface area (Å²) in [6.07, 6.45) is 3.61. The fourth-order valence-corrected chi connectivity index (χ4v) is 3.94. The molecule has 2 aromatic heterocycles. The van der Waals surface area contributed by atoms with E-state index < -0.39 is 0 Å². The van der Waals surface area contributed by atoms with Crippen LogP contribution in [0.3, 0.4) is 0 Å². The number of aryl methyl sites for hydroxylation is 2. The summed E-state index contributed by atoms with van der Waals surface area (Å²) in [6, 6.07) is 9.33. The van der Waals surface area contributed by atoms with Gasteiger partial charge in [-0.3, -0.25) is 4.79 Å². The highest BCUT2D eigenvalue weighted by molar-refractivity contribution is 7.14. The van der Waals surface area contributed by atoms with E-state index in [0.29, 0.717) is 36.8 Å². The molecule has 1 aromatic carbocycles. The molecule has 1 amide bonds. The molecule has 0 unspecified atom stereocenters. The predicted octanol–water partition coefficient (Wildman–Crippen LogP) is 3.70. The van der Waals surface area contributed by atoms with Crippen molar-refractivity contribution in [3.8, 4) is 16.3 Å². The average Bonchev–Trinajstić information content (AvgIpc) is 3.20. The van der Waals surface area contributed by atoms with E-state index in [9.17, 15) is 4.79 Å². The zero-order chi connectivity index (χ0) is 20.9. The number of carbonyl (C=O) groups is 1. The third-order valence-electron chi connectivity index (χ3n) is 4.79. The zero-order valence-corrected chi connectivity index (χ0v) is 17.9. The van der Waals surface area contributed by atoms with Crippen LogP contribution >= 0.6 is 11.3 Å². The molecule has 0 radical (unpaired) electrons. The Morgan fingerprint density at radius 1 is 1.20 bits per heavy atom. The van der Waals surface area contributed by atoms with Gasteiger partial charge in [0.15, 0.2) is 0 Å². The minimum absolute atomic E-state index is 0.0887. The van der Waals surface area contributed by atoms with Crippen LogP contribution in [0, 0.1) is 13.8 Å². The first-order chi connectivity index (χ1) is 14.6. The molecule has 3 aromatic rings. The van der Waals surface area contributed by atoms with Crippen LogP contribution in [0.5, 0.6) is 5.75 Å². The fourth-order valence-electron chi connectivity index (χ4n) is 3.19. The van der Waals surface area contributed by atoms with Gasteiger partial charge in [-0.05, 0) is 44.2 Å². The van der Waals surface area contributed by atoms with Crippen LogP contribution in [0.25, 0.3) is 10.6 Å². The molecule has 3 heterocycles. The summed E-state index contributed by atoms with van der Waals surface area (Å²) >= 11 is 1.59. The molecule has 7 nitrogen and oxygen atoms in total. The summed E-state index contributed by atoms with van der Waals surface area (Å²) in [7, 11) is 0. The second kappa shape index (κ2) is 9.32. The molecule has 0 saturated carbocycles. The highest BCUT2D eigenvalue weighted by atomic mass is 32.1. The van der Waals surface area contributed by atoms with Crippen LogP contribution in [0.15, 0.2) is 36.5 Å². The van der Waals surface area contributed by atoms with E-state index in [2.05, 4.69) is 20.5 Å². The Labute approximate surface area is 179 Å². The number of benzene rings is 1. The van der Waals surface area contributed by atoms with E-state index >= 15 is 0 Å². The van der Waals surface area contributed by atoms with Crippen LogP contribution in [0.4, 0.5) is 0 Å². The van der Waals surface area contributed by atoms with Crippen LogP contribution < -0.4 is 10.1 Å². The lowest BCUT2D eigenvalue weighted by Gasteiger charge is -2.23. The Morgan fingerprint density at radius 3 is 2.73 bits per heavy atom. The molecule has 0 spiro atoms. The van der Waals surface area contributed by atoms with Gasteiger partial charge in [-0.1, -0.05) is 0 Å². The van der Waals surface area contributed by atoms with Gasteiger partial charge in [0.2, 0.25) is 0 Å². The van der Waals surface area contributed by atoms with Crippen molar-refractivity contribution < 1.29 is 14.3 Å². The molecular weight excluding hydrogens is 400 g/mol. The summed E-state index contributed by atoms with van der Waals surface area (Å²) in [4.78, 5) is 18.5. The first-order valence-corrected chi connectivity index (χ1v) is 10.8. The molecule has 0 atom stereocenters. The minimum atomic E-state index is -0.190. The number of thiazole rings is 1. The molecule has 156 valence electrons. The van der Waals surface area contributed by atoms with Crippen molar-refractivity contribution in [1.29, 1.82) is 0 Å². The van der Waals surface area contributed by atoms with Gasteiger partial charge in [-0.25, -0.2) is 4.98 Å². The normalized spacial score (nSPS) is 14.5. The van der Waals surface area contributed by atoms with E-state index in [1.807, 2.05) is 44.3 Å². The fraction of sp³-hybridized carbons (Fsp3) is 0.364. The van der Waals surface area contributed by atoms with Crippen LogP contribution in [0.2, 0.25) is 0 Å². The molecule has 4 rings (SSSR count). The Morgan fingerprint density at radius 2 is 2.03 bits per heavy atom. The second-order valence-corrected chi connectivity index (χ2v) is 8.54. The van der Waals surface area contributed by atoms with Crippen molar-refractivity contribution >= 4 is 17.2 Å². The molecule has 0 aliphatic carbocycles. The first kappa shape index (κ1) is 20.4. The number of amides is 1. The SMILES string of the molecule is Cc1ccc(CNC(=O)c2cc(OC3CCOCC3)cc(-c3ncc(C)s3)c2)nn1. The zero-order valence-electron chi connectivity index (χ0n) is 17.1. The molecule has 1 N–H and O–H groups in total. The number of ether oxygens (including phenoxy) is 2. The third-order valence-corrected chi connectivity index (χ3v) is 5.75. The number of carbonyl (C=O) groups excluding carboxylic acids is 1. The highest BCUT2D eigenvalue weighted by Crippen LogP contribution is 2.30. The van der Waals surface area contributed by atoms with Gasteiger partial charge in [0, 0.05) is 35.0 Å². The van der Waals surface area contributed by atoms with Crippen molar-refractivity contribution in [2.75, 3.05) is 13.2 Å². The second-order valence-electron chi connectivity index (χ2n) is 7.30. The van der Waals surface area contributed by atoms with Gasteiger partial charge in [0.05, 0.1) is 31.1 Å². The quantitative estimate of drug-likeness (QED) is 0.649. The summed E-state index contributed by atoms with van der Waals surface area (Å²) in [5.41, 5.74) is 2.95. The van der Waals surface area contributed by atoms with Crippen molar-refractivity contribution in [2.24, 2.45) is 0 Å². The van der Waals surface area contributed by atoms with Crippen LogP contribution in [-0.2, 0) is 11.3 Å². The molecule has 1 aliphatic rings. The van der Waals surface area contributed by atoms with Crippen LogP contribution in [0.1, 0.15) is 39.5 Å². The van der Waals surface area contributed by atoms with E-state index in [-0.39, 0.29) is 12.0 Å². The van der Waals surface area contributed by atoms with E-state index in [1.54, 1.807) is 17.4 Å². The van der Waals surface area contributed by atoms with E-state index in [4.69, 9.17) is 9.47 Å². The van der Waals surface area contributed by atoms with Crippen molar-refractivity contribution in [3.63, 3.8) is 0 Å². The van der Waals surface area contributed by atoms with Crippen molar-refractivity contribution in [3.05, 3.63) is 58.4 Å². The standard InChI is InChI=1S/C22H24N4O3S/c1-14-3-4-18(26-25-14)13-23-21(27)16-9-17(22-24-12-15(2)30-22)11-20(10-16)29-19-5-7-28-8-6-19/h3-4,9-12,19H,5-8,13H2,1-2H3,(H,23,27). The molecular formula is C22H24N4O3S. The monoisotopic (exact) mass is 424 g/mol. The number of rotatable bonds is 6. The van der Waals surface area contributed by atoms with Gasteiger partial charge in [-0.2, -0.15) is 10.2 Å². The van der Waals surface area contributed by atoms with E-state index in [0.717, 1.165) is 34.0 Å². The third kappa shape index (κ3) is 5.20. The lowest BCUT2D eigenvalue weighted by Crippen LogP contribution is -2.26. The maximum absolute atomic E-state index is 12.9. The summed E-state index contributed by atoms with van der Waals surface area (Å²) in [6.45, 7) is 5.59. The molecule has 1 saturated heterocycles. The van der Waals surface area contributed by atoms with Crippen molar-refractivity contribution in [1.82, 2.24) is 20.5 Å². The Hall–Kier alpha value is -2.84. The molecule has 30 heavy (non-hydrogen) atoms. The summed E-state index contributed by atoms with van der Waals surface area (Å²) in [5, 5.41) is 11.9. The highest BCUT2D eigenvalue weighted by Gasteiger charge is 2.18. The van der Waals surface area contributed by atoms with Gasteiger partial charge >= 0.3 is 0 Å². The number of aromatic nitrogens is 3. The Balaban J connectivity index is 1.55. The largest absolute Gasteiger partial charge is 0.490 e. The molecule has 8 heteroatoms. The van der Waals surface area contributed by atoms with Gasteiger partial charge in [0.25, 0.3) is 5.91 Å². The smallest absolute Gasteiger partial charge is 0.251 e. The Kier molecular flexibility index (Phi) is 6.35. The molecule has 0 bridgehead atoms. The average molecular weight is 425 g/mol. The summed E-state index contributed by atoms with van der Waals surface area (Å²) < 4.78 is 11.6. The Bertz CT molecular complexity index is 1010. The molecule has 1 aliphatic heterocycles. The minimum Gasteiger partial charge on any atom is -0.490 e. The first-order valence-electron chi connectivity index (χ1n) is 9.96. The van der Waals surface area contributed by atoms with Gasteiger partial charge in [-0.15, -0.1) is 11.3 Å². The predicted molar refractivity (Wildman–Crippen MR) is 115 cm³/mol. The topological polar surface area (TPSA) is 86.2 Å². The number of nitrogens with zero attached hydrogens (tertiary/aromatic N) is 3. The van der Waals surface area contributed by atoms with Gasteiger partial charge in [0.1, 0.15) is 16.9 Å². The van der Waals surface area contributed by atoms with Crippen LogP contribution in [-0.4, -0.2) is 40.4 Å². The van der Waals surface area contributed by atoms with Gasteiger partial charge < -0.3 is 14.8 Å². The maximum Gasteiger partial charge on any atom is 0.251 e. The molecule has 1 fully saturated rings. The lowest BCUT2D eigenvalue weighted by atomic mass is 10.1. The number of hydrogen-bond acceptors (Lipinski definition) is 7. The maximum atomic E-state index is 12.9. The van der Waals surface area contributed by atoms with E-state index in [1.165, 1.54) is 0 Å². The van der Waals surface area contributed by atoms with Crippen molar-refractivity contribution in [2.45, 2.75) is 39.3 Å².